The third-order valence-electron chi connectivity index (χ3n) is 3.73. The van der Waals surface area contributed by atoms with Crippen LogP contribution in [0.2, 0.25) is 0 Å². The van der Waals surface area contributed by atoms with Gasteiger partial charge in [-0.2, -0.15) is 0 Å². The molecule has 0 amide bonds. The topological polar surface area (TPSA) is 52.5 Å². The third-order valence-corrected chi connectivity index (χ3v) is 3.73. The fourth-order valence-electron chi connectivity index (χ4n) is 2.13. The van der Waals surface area contributed by atoms with Crippen molar-refractivity contribution >= 4 is 5.69 Å². The Morgan fingerprint density at radius 3 is 2.62 bits per heavy atom. The largest absolute Gasteiger partial charge is 0.392 e. The lowest BCUT2D eigenvalue weighted by atomic mass is 9.64. The van der Waals surface area contributed by atoms with Gasteiger partial charge in [-0.25, -0.2) is 0 Å². The Hall–Kier alpha value is -1.06. The lowest BCUT2D eigenvalue weighted by molar-refractivity contribution is -0.0510. The number of hydrogen-bond acceptors (Lipinski definition) is 3. The maximum atomic E-state index is 9.66. The average Bonchev–Trinajstić information content (AvgIpc) is 2.29. The first-order valence-corrected chi connectivity index (χ1v) is 5.69. The van der Waals surface area contributed by atoms with Gasteiger partial charge in [0.2, 0.25) is 0 Å². The molecular formula is C13H19NO2. The predicted octanol–water partition coefficient (Wildman–Crippen LogP) is 1.75. The van der Waals surface area contributed by atoms with Crippen molar-refractivity contribution in [3.05, 3.63) is 29.8 Å². The molecule has 0 aliphatic heterocycles. The van der Waals surface area contributed by atoms with E-state index in [0.29, 0.717) is 0 Å². The van der Waals surface area contributed by atoms with Gasteiger partial charge in [-0.15, -0.1) is 0 Å². The summed E-state index contributed by atoms with van der Waals surface area (Å²) < 4.78 is 0. The van der Waals surface area contributed by atoms with Gasteiger partial charge in [0.15, 0.2) is 0 Å². The number of para-hydroxylation sites is 1. The Kier molecular flexibility index (Phi) is 2.91. The van der Waals surface area contributed by atoms with Crippen LogP contribution in [0, 0.1) is 5.41 Å². The quantitative estimate of drug-likeness (QED) is 0.729. The number of rotatable bonds is 3. The maximum absolute atomic E-state index is 9.66. The van der Waals surface area contributed by atoms with Crippen molar-refractivity contribution in [2.24, 2.45) is 5.41 Å². The van der Waals surface area contributed by atoms with Crippen molar-refractivity contribution in [2.75, 3.05) is 5.32 Å². The Balaban J connectivity index is 2.11. The highest BCUT2D eigenvalue weighted by atomic mass is 16.3. The fourth-order valence-corrected chi connectivity index (χ4v) is 2.13. The zero-order valence-electron chi connectivity index (χ0n) is 9.77. The first-order valence-electron chi connectivity index (χ1n) is 5.69. The van der Waals surface area contributed by atoms with E-state index in [-0.39, 0.29) is 24.2 Å². The number of aliphatic hydroxyl groups excluding tert-OH is 2. The molecule has 2 atom stereocenters. The summed E-state index contributed by atoms with van der Waals surface area (Å²) in [5.74, 6) is 0. The van der Waals surface area contributed by atoms with Crippen LogP contribution >= 0.6 is 0 Å². The van der Waals surface area contributed by atoms with Crippen LogP contribution in [-0.4, -0.2) is 22.4 Å². The van der Waals surface area contributed by atoms with E-state index in [0.717, 1.165) is 17.7 Å². The van der Waals surface area contributed by atoms with Gasteiger partial charge in [0.1, 0.15) is 0 Å². The van der Waals surface area contributed by atoms with Crippen LogP contribution in [0.15, 0.2) is 24.3 Å². The van der Waals surface area contributed by atoms with Crippen LogP contribution in [0.5, 0.6) is 0 Å². The molecule has 2 rings (SSSR count). The minimum Gasteiger partial charge on any atom is -0.392 e. The highest BCUT2D eigenvalue weighted by Gasteiger charge is 2.47. The Morgan fingerprint density at radius 1 is 1.38 bits per heavy atom. The van der Waals surface area contributed by atoms with Crippen LogP contribution < -0.4 is 5.32 Å². The zero-order chi connectivity index (χ0) is 11.8. The van der Waals surface area contributed by atoms with Crippen molar-refractivity contribution in [3.8, 4) is 0 Å². The second-order valence-corrected chi connectivity index (χ2v) is 5.09. The molecule has 1 fully saturated rings. The molecule has 0 heterocycles. The molecule has 3 nitrogen and oxygen atoms in total. The smallest absolute Gasteiger partial charge is 0.0701 e. The van der Waals surface area contributed by atoms with E-state index in [2.05, 4.69) is 19.2 Å². The minimum absolute atomic E-state index is 0.0406. The van der Waals surface area contributed by atoms with Crippen LogP contribution in [0.3, 0.4) is 0 Å². The second kappa shape index (κ2) is 4.07. The van der Waals surface area contributed by atoms with Gasteiger partial charge in [0.25, 0.3) is 0 Å². The average molecular weight is 221 g/mol. The molecule has 0 saturated heterocycles. The Bertz CT molecular complexity index is 376. The van der Waals surface area contributed by atoms with E-state index >= 15 is 0 Å². The molecular weight excluding hydrogens is 202 g/mol. The highest BCUT2D eigenvalue weighted by molar-refractivity contribution is 5.52. The number of benzene rings is 1. The summed E-state index contributed by atoms with van der Waals surface area (Å²) in [6, 6.07) is 8.01. The van der Waals surface area contributed by atoms with Gasteiger partial charge in [-0.05, 0) is 12.5 Å². The Morgan fingerprint density at radius 2 is 2.06 bits per heavy atom. The monoisotopic (exact) mass is 221 g/mol. The molecule has 0 aromatic heterocycles. The summed E-state index contributed by atoms with van der Waals surface area (Å²) in [5, 5.41) is 22.3. The Labute approximate surface area is 96.1 Å². The van der Waals surface area contributed by atoms with Gasteiger partial charge < -0.3 is 15.5 Å². The van der Waals surface area contributed by atoms with Crippen molar-refractivity contribution in [1.29, 1.82) is 0 Å². The van der Waals surface area contributed by atoms with Crippen molar-refractivity contribution in [1.82, 2.24) is 0 Å². The molecule has 1 aliphatic rings. The molecule has 3 heteroatoms. The van der Waals surface area contributed by atoms with Gasteiger partial charge in [-0.3, -0.25) is 0 Å². The highest BCUT2D eigenvalue weighted by Crippen LogP contribution is 2.42. The van der Waals surface area contributed by atoms with Crippen LogP contribution in [0.25, 0.3) is 0 Å². The molecule has 1 aromatic carbocycles. The first-order chi connectivity index (χ1) is 7.55. The second-order valence-electron chi connectivity index (χ2n) is 5.09. The normalized spacial score (nSPS) is 27.2. The van der Waals surface area contributed by atoms with Gasteiger partial charge >= 0.3 is 0 Å². The van der Waals surface area contributed by atoms with E-state index in [9.17, 15) is 10.2 Å². The van der Waals surface area contributed by atoms with Crippen molar-refractivity contribution in [3.63, 3.8) is 0 Å². The molecule has 0 spiro atoms. The molecule has 88 valence electrons. The molecule has 0 radical (unpaired) electrons. The predicted molar refractivity (Wildman–Crippen MR) is 64.2 cm³/mol. The number of anilines is 1. The van der Waals surface area contributed by atoms with Crippen molar-refractivity contribution in [2.45, 2.75) is 39.0 Å². The fraction of sp³-hybridized carbons (Fsp3) is 0.538. The lowest BCUT2D eigenvalue weighted by Gasteiger charge is -2.50. The van der Waals surface area contributed by atoms with E-state index in [1.165, 1.54) is 0 Å². The molecule has 2 unspecified atom stereocenters. The van der Waals surface area contributed by atoms with Crippen LogP contribution in [-0.2, 0) is 6.61 Å². The van der Waals surface area contributed by atoms with Gasteiger partial charge in [0.05, 0.1) is 12.7 Å². The van der Waals surface area contributed by atoms with E-state index in [4.69, 9.17) is 0 Å². The molecule has 3 N–H and O–H groups in total. The number of nitrogens with one attached hydrogen (secondary N) is 1. The third kappa shape index (κ3) is 1.81. The van der Waals surface area contributed by atoms with E-state index < -0.39 is 0 Å². The summed E-state index contributed by atoms with van der Waals surface area (Å²) in [6.45, 7) is 4.15. The summed E-state index contributed by atoms with van der Waals surface area (Å²) in [4.78, 5) is 0. The van der Waals surface area contributed by atoms with E-state index in [1.807, 2.05) is 24.3 Å². The maximum Gasteiger partial charge on any atom is 0.0701 e. The van der Waals surface area contributed by atoms with Crippen LogP contribution in [0.4, 0.5) is 5.69 Å². The molecule has 1 saturated carbocycles. The van der Waals surface area contributed by atoms with Gasteiger partial charge in [0, 0.05) is 22.7 Å². The zero-order valence-corrected chi connectivity index (χ0v) is 9.77. The first kappa shape index (κ1) is 11.4. The molecule has 1 aliphatic carbocycles. The standard InChI is InChI=1S/C13H19NO2/c1-13(2)11(7-12(13)16)14-10-6-4-3-5-9(10)8-15/h3-6,11-12,14-16H,7-8H2,1-2H3. The van der Waals surface area contributed by atoms with E-state index in [1.54, 1.807) is 0 Å². The minimum atomic E-state index is -0.230. The van der Waals surface area contributed by atoms with Crippen LogP contribution in [0.1, 0.15) is 25.8 Å². The summed E-state index contributed by atoms with van der Waals surface area (Å²) >= 11 is 0. The lowest BCUT2D eigenvalue weighted by Crippen LogP contribution is -2.57. The van der Waals surface area contributed by atoms with Crippen molar-refractivity contribution < 1.29 is 10.2 Å². The van der Waals surface area contributed by atoms with Gasteiger partial charge in [-0.1, -0.05) is 32.0 Å². The molecule has 0 bridgehead atoms. The summed E-state index contributed by atoms with van der Waals surface area (Å²) in [7, 11) is 0. The number of hydrogen-bond donors (Lipinski definition) is 3. The summed E-state index contributed by atoms with van der Waals surface area (Å²) in [5.41, 5.74) is 1.78. The summed E-state index contributed by atoms with van der Waals surface area (Å²) in [6.07, 6.45) is 0.540. The number of aliphatic hydroxyl groups is 2. The SMILES string of the molecule is CC1(C)C(O)CC1Nc1ccccc1CO. The molecule has 1 aromatic rings. The molecule has 16 heavy (non-hydrogen) atoms.